The Balaban J connectivity index is 1.46. The highest BCUT2D eigenvalue weighted by molar-refractivity contribution is 5.77. The van der Waals surface area contributed by atoms with Crippen molar-refractivity contribution >= 4 is 11.9 Å². The lowest BCUT2D eigenvalue weighted by Crippen LogP contribution is -2.57. The largest absolute Gasteiger partial charge is 0.348 e. The van der Waals surface area contributed by atoms with E-state index in [2.05, 4.69) is 20.4 Å². The van der Waals surface area contributed by atoms with Crippen molar-refractivity contribution in [1.82, 2.24) is 24.6 Å². The number of carbonyl (C=O) groups excluding carboxylic acids is 1. The number of rotatable bonds is 4. The minimum atomic E-state index is 0.0794. The van der Waals surface area contributed by atoms with Crippen LogP contribution in [0.5, 0.6) is 0 Å². The molecule has 2 aromatic rings. The summed E-state index contributed by atoms with van der Waals surface area (Å²) in [6, 6.07) is 3.80. The highest BCUT2D eigenvalue weighted by Crippen LogP contribution is 2.12. The molecule has 98 valence electrons. The van der Waals surface area contributed by atoms with Gasteiger partial charge in [-0.1, -0.05) is 0 Å². The van der Waals surface area contributed by atoms with E-state index >= 15 is 0 Å². The van der Waals surface area contributed by atoms with E-state index in [4.69, 9.17) is 0 Å². The van der Waals surface area contributed by atoms with Crippen molar-refractivity contribution in [1.29, 1.82) is 0 Å². The average Bonchev–Trinajstić information content (AvgIpc) is 2.87. The van der Waals surface area contributed by atoms with E-state index in [0.29, 0.717) is 25.6 Å². The van der Waals surface area contributed by atoms with Crippen molar-refractivity contribution in [3.8, 4) is 0 Å². The molecule has 1 saturated heterocycles. The van der Waals surface area contributed by atoms with Gasteiger partial charge in [0.25, 0.3) is 0 Å². The molecule has 0 aliphatic carbocycles. The number of hydrogen-bond donors (Lipinski definition) is 1. The summed E-state index contributed by atoms with van der Waals surface area (Å²) in [5.41, 5.74) is 0. The van der Waals surface area contributed by atoms with Crippen LogP contribution in [0.3, 0.4) is 0 Å². The Kier molecular flexibility index (Phi) is 3.09. The third-order valence-corrected chi connectivity index (χ3v) is 2.99. The first-order valence-electron chi connectivity index (χ1n) is 6.10. The minimum Gasteiger partial charge on any atom is -0.348 e. The van der Waals surface area contributed by atoms with Crippen LogP contribution < -0.4 is 5.32 Å². The Morgan fingerprint density at radius 1 is 1.26 bits per heavy atom. The fourth-order valence-electron chi connectivity index (χ4n) is 1.96. The Morgan fingerprint density at radius 2 is 2.05 bits per heavy atom. The lowest BCUT2D eigenvalue weighted by Gasteiger charge is -2.39. The summed E-state index contributed by atoms with van der Waals surface area (Å²) in [5, 5.41) is 7.20. The number of carbonyl (C=O) groups is 1. The van der Waals surface area contributed by atoms with Crippen LogP contribution >= 0.6 is 0 Å². The maximum absolute atomic E-state index is 11.9. The number of likely N-dealkylation sites (tertiary alicyclic amines) is 1. The quantitative estimate of drug-likeness (QED) is 0.835. The van der Waals surface area contributed by atoms with Gasteiger partial charge >= 0.3 is 0 Å². The summed E-state index contributed by atoms with van der Waals surface area (Å²) in [7, 11) is 0. The van der Waals surface area contributed by atoms with Crippen LogP contribution in [0.4, 0.5) is 5.95 Å². The van der Waals surface area contributed by atoms with Gasteiger partial charge in [-0.25, -0.2) is 9.97 Å². The van der Waals surface area contributed by atoms with Gasteiger partial charge in [0.2, 0.25) is 11.9 Å². The molecule has 2 aromatic heterocycles. The Labute approximate surface area is 110 Å². The number of amides is 1. The predicted octanol–water partition coefficient (Wildman–Crippen LogP) is -0.00400. The summed E-state index contributed by atoms with van der Waals surface area (Å²) in [6.45, 7) is 1.65. The van der Waals surface area contributed by atoms with Crippen LogP contribution in [-0.4, -0.2) is 49.7 Å². The fourth-order valence-corrected chi connectivity index (χ4v) is 1.96. The molecule has 0 atom stereocenters. The molecule has 1 N–H and O–H groups in total. The van der Waals surface area contributed by atoms with Crippen molar-refractivity contribution in [3.63, 3.8) is 0 Å². The topological polar surface area (TPSA) is 75.9 Å². The molecule has 0 spiro atoms. The highest BCUT2D eigenvalue weighted by atomic mass is 16.2. The zero-order chi connectivity index (χ0) is 13.1. The van der Waals surface area contributed by atoms with Crippen LogP contribution in [0.2, 0.25) is 0 Å². The maximum Gasteiger partial charge on any atom is 0.244 e. The van der Waals surface area contributed by atoms with Gasteiger partial charge in [-0.2, -0.15) is 5.10 Å². The molecule has 3 rings (SSSR count). The summed E-state index contributed by atoms with van der Waals surface area (Å²) in [5.74, 6) is 0.683. The molecule has 0 bridgehead atoms. The number of nitrogens with one attached hydrogen (secondary N) is 1. The van der Waals surface area contributed by atoms with Crippen molar-refractivity contribution in [2.75, 3.05) is 18.4 Å². The highest BCUT2D eigenvalue weighted by Gasteiger charge is 2.30. The van der Waals surface area contributed by atoms with E-state index in [9.17, 15) is 4.79 Å². The van der Waals surface area contributed by atoms with Crippen molar-refractivity contribution in [2.45, 2.75) is 12.6 Å². The summed E-state index contributed by atoms with van der Waals surface area (Å²) >= 11 is 0. The molecule has 19 heavy (non-hydrogen) atoms. The van der Waals surface area contributed by atoms with E-state index in [1.165, 1.54) is 0 Å². The standard InChI is InChI=1S/C12H14N6O/c19-11(9-18-6-2-5-15-18)17-7-10(8-17)16-12-13-3-1-4-14-12/h1-6,10H,7-9H2,(H,13,14,16). The fraction of sp³-hybridized carbons (Fsp3) is 0.333. The second-order valence-electron chi connectivity index (χ2n) is 4.42. The molecule has 7 nitrogen and oxygen atoms in total. The van der Waals surface area contributed by atoms with Crippen LogP contribution in [0.15, 0.2) is 36.9 Å². The van der Waals surface area contributed by atoms with E-state index in [-0.39, 0.29) is 11.9 Å². The zero-order valence-electron chi connectivity index (χ0n) is 10.3. The number of nitrogens with zero attached hydrogens (tertiary/aromatic N) is 5. The van der Waals surface area contributed by atoms with Gasteiger partial charge in [0, 0.05) is 37.9 Å². The number of aromatic nitrogens is 4. The predicted molar refractivity (Wildman–Crippen MR) is 68.2 cm³/mol. The Bertz CT molecular complexity index is 535. The van der Waals surface area contributed by atoms with Gasteiger partial charge in [-0.05, 0) is 12.1 Å². The second kappa shape index (κ2) is 5.05. The monoisotopic (exact) mass is 258 g/mol. The molecule has 0 saturated carbocycles. The normalized spacial score (nSPS) is 15.1. The molecular formula is C12H14N6O. The Morgan fingerprint density at radius 3 is 2.74 bits per heavy atom. The molecule has 0 aromatic carbocycles. The first-order valence-corrected chi connectivity index (χ1v) is 6.10. The van der Waals surface area contributed by atoms with Crippen molar-refractivity contribution in [2.24, 2.45) is 0 Å². The number of hydrogen-bond acceptors (Lipinski definition) is 5. The first-order chi connectivity index (χ1) is 9.31. The van der Waals surface area contributed by atoms with Gasteiger partial charge < -0.3 is 10.2 Å². The van der Waals surface area contributed by atoms with Gasteiger partial charge in [0.15, 0.2) is 0 Å². The molecule has 7 heteroatoms. The molecule has 1 fully saturated rings. The molecule has 3 heterocycles. The first kappa shape index (κ1) is 11.6. The van der Waals surface area contributed by atoms with E-state index in [0.717, 1.165) is 0 Å². The third-order valence-electron chi connectivity index (χ3n) is 2.99. The molecule has 0 radical (unpaired) electrons. The van der Waals surface area contributed by atoms with Crippen molar-refractivity contribution in [3.05, 3.63) is 36.9 Å². The summed E-state index contributed by atoms with van der Waals surface area (Å²) in [6.07, 6.45) is 6.83. The lowest BCUT2D eigenvalue weighted by atomic mass is 10.1. The SMILES string of the molecule is O=C(Cn1cccn1)N1CC(Nc2ncccn2)C1. The molecule has 1 aliphatic rings. The second-order valence-corrected chi connectivity index (χ2v) is 4.42. The smallest absolute Gasteiger partial charge is 0.244 e. The summed E-state index contributed by atoms with van der Waals surface area (Å²) in [4.78, 5) is 21.9. The van der Waals surface area contributed by atoms with Crippen LogP contribution in [0.25, 0.3) is 0 Å². The number of anilines is 1. The molecule has 0 unspecified atom stereocenters. The third kappa shape index (κ3) is 2.70. The maximum atomic E-state index is 11.9. The molecular weight excluding hydrogens is 244 g/mol. The van der Waals surface area contributed by atoms with E-state index < -0.39 is 0 Å². The van der Waals surface area contributed by atoms with Crippen molar-refractivity contribution < 1.29 is 4.79 Å². The van der Waals surface area contributed by atoms with Crippen LogP contribution in [-0.2, 0) is 11.3 Å². The van der Waals surface area contributed by atoms with Gasteiger partial charge in [-0.15, -0.1) is 0 Å². The van der Waals surface area contributed by atoms with Crippen LogP contribution in [0, 0.1) is 0 Å². The molecule has 1 amide bonds. The Hall–Kier alpha value is -2.44. The average molecular weight is 258 g/mol. The van der Waals surface area contributed by atoms with Gasteiger partial charge in [-0.3, -0.25) is 9.48 Å². The lowest BCUT2D eigenvalue weighted by molar-refractivity contribution is -0.136. The van der Waals surface area contributed by atoms with E-state index in [1.807, 2.05) is 0 Å². The van der Waals surface area contributed by atoms with E-state index in [1.54, 1.807) is 46.5 Å². The zero-order valence-corrected chi connectivity index (χ0v) is 10.3. The minimum absolute atomic E-state index is 0.0794. The van der Waals surface area contributed by atoms with Gasteiger partial charge in [0.05, 0.1) is 6.04 Å². The molecule has 1 aliphatic heterocycles. The van der Waals surface area contributed by atoms with Crippen LogP contribution in [0.1, 0.15) is 0 Å². The summed E-state index contributed by atoms with van der Waals surface area (Å²) < 4.78 is 1.63. The van der Waals surface area contributed by atoms with Gasteiger partial charge in [0.1, 0.15) is 6.54 Å².